The largest absolute Gasteiger partial charge is 0.232 e. The van der Waals surface area contributed by atoms with E-state index in [1.54, 1.807) is 18.4 Å². The molecule has 0 spiro atoms. The number of nitrogens with zero attached hydrogens (tertiary/aromatic N) is 2. The molecule has 0 unspecified atom stereocenters. The normalized spacial score (nSPS) is 10.1. The van der Waals surface area contributed by atoms with Gasteiger partial charge in [-0.1, -0.05) is 18.2 Å². The van der Waals surface area contributed by atoms with Gasteiger partial charge in [-0.05, 0) is 30.0 Å². The minimum absolute atomic E-state index is 0.833. The quantitative estimate of drug-likeness (QED) is 0.595. The summed E-state index contributed by atoms with van der Waals surface area (Å²) < 4.78 is 0. The molecule has 82 valence electrons. The zero-order chi connectivity index (χ0) is 11.5. The van der Waals surface area contributed by atoms with E-state index >= 15 is 0 Å². The summed E-state index contributed by atoms with van der Waals surface area (Å²) in [5, 5.41) is 6.39. The molecule has 0 amide bonds. The van der Waals surface area contributed by atoms with E-state index in [0.717, 1.165) is 16.1 Å². The monoisotopic (exact) mass is 232 g/mol. The molecule has 0 radical (unpaired) electrons. The van der Waals surface area contributed by atoms with E-state index < -0.39 is 0 Å². The van der Waals surface area contributed by atoms with E-state index in [-0.39, 0.29) is 0 Å². The van der Waals surface area contributed by atoms with E-state index in [4.69, 9.17) is 0 Å². The predicted molar refractivity (Wildman–Crippen MR) is 68.7 cm³/mol. The SMILES string of the molecule is Cc1csc(-c2ccccc2N(C)N=O)c1. The van der Waals surface area contributed by atoms with Crippen LogP contribution in [0.1, 0.15) is 5.56 Å². The first-order valence-corrected chi connectivity index (χ1v) is 5.82. The molecule has 0 aliphatic rings. The van der Waals surface area contributed by atoms with Gasteiger partial charge in [-0.15, -0.1) is 16.2 Å². The van der Waals surface area contributed by atoms with Gasteiger partial charge in [0, 0.05) is 17.5 Å². The summed E-state index contributed by atoms with van der Waals surface area (Å²) in [7, 11) is 1.66. The first kappa shape index (κ1) is 10.8. The molecule has 1 heterocycles. The van der Waals surface area contributed by atoms with Gasteiger partial charge < -0.3 is 0 Å². The number of anilines is 1. The molecule has 1 aromatic carbocycles. The Bertz CT molecular complexity index is 507. The molecule has 3 nitrogen and oxygen atoms in total. The van der Waals surface area contributed by atoms with Crippen molar-refractivity contribution in [2.45, 2.75) is 6.92 Å². The lowest BCUT2D eigenvalue weighted by molar-refractivity contribution is 1.01. The summed E-state index contributed by atoms with van der Waals surface area (Å²) in [5.41, 5.74) is 3.11. The van der Waals surface area contributed by atoms with Crippen LogP contribution >= 0.6 is 11.3 Å². The lowest BCUT2D eigenvalue weighted by Gasteiger charge is -2.12. The lowest BCUT2D eigenvalue weighted by atomic mass is 10.1. The molecule has 2 aromatic rings. The van der Waals surface area contributed by atoms with Crippen LogP contribution in [0, 0.1) is 11.8 Å². The zero-order valence-corrected chi connectivity index (χ0v) is 9.99. The molecule has 4 heteroatoms. The predicted octanol–water partition coefficient (Wildman–Crippen LogP) is 3.84. The molecule has 0 aliphatic heterocycles. The van der Waals surface area contributed by atoms with Gasteiger partial charge in [0.05, 0.1) is 11.0 Å². The van der Waals surface area contributed by atoms with Crippen molar-refractivity contribution < 1.29 is 0 Å². The van der Waals surface area contributed by atoms with Gasteiger partial charge in [0.2, 0.25) is 0 Å². The fraction of sp³-hybridized carbons (Fsp3) is 0.167. The smallest absolute Gasteiger partial charge is 0.0709 e. The van der Waals surface area contributed by atoms with Crippen molar-refractivity contribution >= 4 is 17.0 Å². The van der Waals surface area contributed by atoms with Gasteiger partial charge in [-0.3, -0.25) is 0 Å². The van der Waals surface area contributed by atoms with Crippen LogP contribution in [0.5, 0.6) is 0 Å². The Kier molecular flexibility index (Phi) is 3.01. The maximum Gasteiger partial charge on any atom is 0.0709 e. The fourth-order valence-corrected chi connectivity index (χ4v) is 2.52. The Balaban J connectivity index is 2.52. The number of benzene rings is 1. The van der Waals surface area contributed by atoms with Crippen LogP contribution in [-0.2, 0) is 0 Å². The third-order valence-electron chi connectivity index (χ3n) is 2.37. The van der Waals surface area contributed by atoms with Crippen LogP contribution in [0.3, 0.4) is 0 Å². The number of hydrogen-bond acceptors (Lipinski definition) is 3. The highest BCUT2D eigenvalue weighted by Crippen LogP contribution is 2.34. The molecule has 0 aliphatic carbocycles. The summed E-state index contributed by atoms with van der Waals surface area (Å²) in [4.78, 5) is 11.7. The van der Waals surface area contributed by atoms with Crippen LogP contribution < -0.4 is 5.01 Å². The average Bonchev–Trinajstić information content (AvgIpc) is 2.75. The highest BCUT2D eigenvalue weighted by Gasteiger charge is 2.10. The van der Waals surface area contributed by atoms with Gasteiger partial charge >= 0.3 is 0 Å². The van der Waals surface area contributed by atoms with Crippen molar-refractivity contribution in [3.8, 4) is 10.4 Å². The third-order valence-corrected chi connectivity index (χ3v) is 3.45. The summed E-state index contributed by atoms with van der Waals surface area (Å²) in [6.45, 7) is 2.06. The molecular weight excluding hydrogens is 220 g/mol. The Morgan fingerprint density at radius 2 is 2.06 bits per heavy atom. The number of rotatable bonds is 3. The van der Waals surface area contributed by atoms with Crippen molar-refractivity contribution in [2.24, 2.45) is 5.29 Å². The number of thiophene rings is 1. The Labute approximate surface area is 98.3 Å². The van der Waals surface area contributed by atoms with Crippen molar-refractivity contribution in [3.05, 3.63) is 46.2 Å². The standard InChI is InChI=1S/C12H12N2OS/c1-9-7-12(16-8-9)10-5-3-4-6-11(10)14(2)13-15/h3-8H,1-2H3. The second-order valence-corrected chi connectivity index (χ2v) is 4.52. The number of aryl methyl sites for hydroxylation is 1. The Morgan fingerprint density at radius 3 is 2.69 bits per heavy atom. The highest BCUT2D eigenvalue weighted by atomic mass is 32.1. The molecule has 0 saturated heterocycles. The molecule has 1 aromatic heterocycles. The van der Waals surface area contributed by atoms with Crippen LogP contribution in [0.25, 0.3) is 10.4 Å². The Morgan fingerprint density at radius 1 is 1.31 bits per heavy atom. The molecular formula is C12H12N2OS. The van der Waals surface area contributed by atoms with E-state index in [2.05, 4.69) is 23.7 Å². The first-order valence-electron chi connectivity index (χ1n) is 4.94. The zero-order valence-electron chi connectivity index (χ0n) is 9.18. The molecule has 0 bridgehead atoms. The van der Waals surface area contributed by atoms with Crippen LogP contribution in [0.4, 0.5) is 5.69 Å². The fourth-order valence-electron chi connectivity index (χ4n) is 1.58. The van der Waals surface area contributed by atoms with Crippen molar-refractivity contribution in [1.29, 1.82) is 0 Å². The molecule has 2 rings (SSSR count). The Hall–Kier alpha value is -1.68. The molecule has 0 N–H and O–H groups in total. The summed E-state index contributed by atoms with van der Waals surface area (Å²) in [6.07, 6.45) is 0. The summed E-state index contributed by atoms with van der Waals surface area (Å²) in [5.74, 6) is 0. The first-order chi connectivity index (χ1) is 7.72. The van der Waals surface area contributed by atoms with Crippen molar-refractivity contribution in [1.82, 2.24) is 0 Å². The van der Waals surface area contributed by atoms with Crippen LogP contribution in [0.2, 0.25) is 0 Å². The minimum Gasteiger partial charge on any atom is -0.232 e. The number of hydrogen-bond donors (Lipinski definition) is 0. The van der Waals surface area contributed by atoms with Crippen LogP contribution in [-0.4, -0.2) is 7.05 Å². The number of para-hydroxylation sites is 1. The summed E-state index contributed by atoms with van der Waals surface area (Å²) >= 11 is 1.67. The van der Waals surface area contributed by atoms with E-state index in [1.165, 1.54) is 10.6 Å². The second-order valence-electron chi connectivity index (χ2n) is 3.61. The van der Waals surface area contributed by atoms with Crippen molar-refractivity contribution in [2.75, 3.05) is 12.1 Å². The van der Waals surface area contributed by atoms with Crippen molar-refractivity contribution in [3.63, 3.8) is 0 Å². The van der Waals surface area contributed by atoms with Gasteiger partial charge in [0.1, 0.15) is 0 Å². The average molecular weight is 232 g/mol. The maximum absolute atomic E-state index is 10.6. The molecule has 0 fully saturated rings. The lowest BCUT2D eigenvalue weighted by Crippen LogP contribution is -2.07. The molecule has 0 saturated carbocycles. The summed E-state index contributed by atoms with van der Waals surface area (Å²) in [6, 6.07) is 9.88. The number of nitroso groups, excluding NO2 is 1. The van der Waals surface area contributed by atoms with E-state index in [9.17, 15) is 4.91 Å². The molecule has 16 heavy (non-hydrogen) atoms. The minimum atomic E-state index is 0.833. The third kappa shape index (κ3) is 1.97. The molecule has 0 atom stereocenters. The van der Waals surface area contributed by atoms with Gasteiger partial charge in [0.15, 0.2) is 0 Å². The topological polar surface area (TPSA) is 32.7 Å². The maximum atomic E-state index is 10.6. The highest BCUT2D eigenvalue weighted by molar-refractivity contribution is 7.13. The van der Waals surface area contributed by atoms with Gasteiger partial charge in [-0.2, -0.15) is 0 Å². The van der Waals surface area contributed by atoms with Crippen LogP contribution in [0.15, 0.2) is 41.0 Å². The van der Waals surface area contributed by atoms with Gasteiger partial charge in [0.25, 0.3) is 0 Å². The second kappa shape index (κ2) is 4.45. The van der Waals surface area contributed by atoms with Gasteiger partial charge in [-0.25, -0.2) is 5.01 Å². The van der Waals surface area contributed by atoms with E-state index in [1.807, 2.05) is 24.3 Å². The van der Waals surface area contributed by atoms with E-state index in [0.29, 0.717) is 0 Å².